The van der Waals surface area contributed by atoms with Crippen LogP contribution in [-0.2, 0) is 9.53 Å². The number of hydrogen-bond donors (Lipinski definition) is 1. The van der Waals surface area contributed by atoms with E-state index in [9.17, 15) is 9.59 Å². The minimum Gasteiger partial charge on any atom is -0.462 e. The Hall–Kier alpha value is -3.49. The largest absolute Gasteiger partial charge is 0.462 e. The van der Waals surface area contributed by atoms with Crippen molar-refractivity contribution in [1.82, 2.24) is 19.8 Å². The van der Waals surface area contributed by atoms with Gasteiger partial charge >= 0.3 is 5.97 Å². The van der Waals surface area contributed by atoms with Crippen molar-refractivity contribution in [3.8, 4) is 0 Å². The van der Waals surface area contributed by atoms with Crippen molar-refractivity contribution in [3.05, 3.63) is 48.3 Å². The molecule has 150 valence electrons. The Morgan fingerprint density at radius 1 is 1.21 bits per heavy atom. The second-order valence-electron chi connectivity index (χ2n) is 6.90. The second kappa shape index (κ2) is 8.26. The fourth-order valence-electron chi connectivity index (χ4n) is 3.43. The number of piperidine rings is 1. The number of carbonyl (C=O) groups excluding carboxylic acids is 2. The van der Waals surface area contributed by atoms with Gasteiger partial charge < -0.3 is 15.0 Å². The maximum Gasteiger partial charge on any atom is 0.338 e. The van der Waals surface area contributed by atoms with Crippen molar-refractivity contribution in [1.29, 1.82) is 0 Å². The standard InChI is InChI=1S/C20H22N6O3/c1-2-29-20(28)14-5-7-16(8-6-14)22-19(27)15-4-3-11-25(12-15)18-10-9-17-23-21-13-26(17)24-18/h5-10,13,15H,2-4,11-12H2,1H3,(H,22,27)/t15-/m1/s1. The third-order valence-electron chi connectivity index (χ3n) is 4.93. The summed E-state index contributed by atoms with van der Waals surface area (Å²) >= 11 is 0. The Morgan fingerprint density at radius 3 is 2.83 bits per heavy atom. The molecule has 0 radical (unpaired) electrons. The molecule has 1 fully saturated rings. The van der Waals surface area contributed by atoms with E-state index in [0.29, 0.717) is 30.0 Å². The zero-order chi connectivity index (χ0) is 20.2. The number of aromatic nitrogens is 4. The van der Waals surface area contributed by atoms with Crippen LogP contribution in [0, 0.1) is 5.92 Å². The molecule has 0 unspecified atom stereocenters. The Bertz CT molecular complexity index is 1020. The van der Waals surface area contributed by atoms with Crippen LogP contribution in [0.2, 0.25) is 0 Å². The highest BCUT2D eigenvalue weighted by molar-refractivity contribution is 5.94. The lowest BCUT2D eigenvalue weighted by Gasteiger charge is -2.32. The van der Waals surface area contributed by atoms with E-state index in [1.54, 1.807) is 42.0 Å². The van der Waals surface area contributed by atoms with E-state index in [4.69, 9.17) is 4.74 Å². The molecule has 0 spiro atoms. The highest BCUT2D eigenvalue weighted by Gasteiger charge is 2.27. The Balaban J connectivity index is 1.40. The number of nitrogens with one attached hydrogen (secondary N) is 1. The molecule has 1 saturated heterocycles. The van der Waals surface area contributed by atoms with Gasteiger partial charge in [-0.25, -0.2) is 4.79 Å². The van der Waals surface area contributed by atoms with Crippen molar-refractivity contribution >= 4 is 29.0 Å². The molecule has 9 heteroatoms. The van der Waals surface area contributed by atoms with Gasteiger partial charge in [-0.05, 0) is 56.2 Å². The van der Waals surface area contributed by atoms with Crippen LogP contribution >= 0.6 is 0 Å². The number of nitrogens with zero attached hydrogens (tertiary/aromatic N) is 5. The first-order valence-electron chi connectivity index (χ1n) is 9.64. The summed E-state index contributed by atoms with van der Waals surface area (Å²) in [5.41, 5.74) is 1.81. The smallest absolute Gasteiger partial charge is 0.338 e. The van der Waals surface area contributed by atoms with Gasteiger partial charge in [-0.2, -0.15) is 4.52 Å². The van der Waals surface area contributed by atoms with Crippen LogP contribution in [0.5, 0.6) is 0 Å². The molecule has 1 atom stereocenters. The lowest BCUT2D eigenvalue weighted by atomic mass is 9.97. The van der Waals surface area contributed by atoms with Crippen molar-refractivity contribution < 1.29 is 14.3 Å². The van der Waals surface area contributed by atoms with Gasteiger partial charge in [-0.1, -0.05) is 0 Å². The molecule has 1 aromatic carbocycles. The Kier molecular flexibility index (Phi) is 5.37. The maximum atomic E-state index is 12.8. The highest BCUT2D eigenvalue weighted by atomic mass is 16.5. The highest BCUT2D eigenvalue weighted by Crippen LogP contribution is 2.23. The number of ether oxygens (including phenoxy) is 1. The summed E-state index contributed by atoms with van der Waals surface area (Å²) in [5.74, 6) is 0.246. The summed E-state index contributed by atoms with van der Waals surface area (Å²) in [4.78, 5) is 26.6. The van der Waals surface area contributed by atoms with Gasteiger partial charge in [-0.3, -0.25) is 4.79 Å². The number of rotatable bonds is 5. The van der Waals surface area contributed by atoms with Crippen molar-refractivity contribution in [3.63, 3.8) is 0 Å². The average molecular weight is 394 g/mol. The lowest BCUT2D eigenvalue weighted by molar-refractivity contribution is -0.120. The lowest BCUT2D eigenvalue weighted by Crippen LogP contribution is -2.41. The number of benzene rings is 1. The molecule has 0 aliphatic carbocycles. The van der Waals surface area contributed by atoms with Gasteiger partial charge in [0.25, 0.3) is 0 Å². The number of esters is 1. The topological polar surface area (TPSA) is 102 Å². The number of anilines is 2. The van der Waals surface area contributed by atoms with Crippen molar-refractivity contribution in [2.45, 2.75) is 19.8 Å². The monoisotopic (exact) mass is 394 g/mol. The molecule has 9 nitrogen and oxygen atoms in total. The van der Waals surface area contributed by atoms with E-state index in [0.717, 1.165) is 25.2 Å². The first-order valence-corrected chi connectivity index (χ1v) is 9.64. The fourth-order valence-corrected chi connectivity index (χ4v) is 3.43. The molecular formula is C20H22N6O3. The minimum absolute atomic E-state index is 0.0380. The molecule has 29 heavy (non-hydrogen) atoms. The molecule has 3 aromatic rings. The molecule has 1 amide bonds. The maximum absolute atomic E-state index is 12.8. The number of amides is 1. The molecule has 1 aliphatic rings. The Labute approximate surface area is 167 Å². The molecular weight excluding hydrogens is 372 g/mol. The second-order valence-corrected chi connectivity index (χ2v) is 6.90. The summed E-state index contributed by atoms with van der Waals surface area (Å²) in [5, 5.41) is 15.3. The quantitative estimate of drug-likeness (QED) is 0.662. The predicted molar refractivity (Wildman–Crippen MR) is 107 cm³/mol. The van der Waals surface area contributed by atoms with Gasteiger partial charge in [-0.15, -0.1) is 15.3 Å². The zero-order valence-corrected chi connectivity index (χ0v) is 16.1. The normalized spacial score (nSPS) is 16.6. The van der Waals surface area contributed by atoms with E-state index in [2.05, 4.69) is 25.5 Å². The summed E-state index contributed by atoms with van der Waals surface area (Å²) in [7, 11) is 0. The molecule has 0 saturated carbocycles. The van der Waals surface area contributed by atoms with Gasteiger partial charge in [0.2, 0.25) is 5.91 Å². The molecule has 3 heterocycles. The van der Waals surface area contributed by atoms with Gasteiger partial charge in [0.15, 0.2) is 5.65 Å². The van der Waals surface area contributed by atoms with E-state index >= 15 is 0 Å². The van der Waals surface area contributed by atoms with Crippen LogP contribution in [0.25, 0.3) is 5.65 Å². The van der Waals surface area contributed by atoms with Crippen LogP contribution < -0.4 is 10.2 Å². The van der Waals surface area contributed by atoms with E-state index in [1.807, 2.05) is 12.1 Å². The third kappa shape index (κ3) is 4.18. The van der Waals surface area contributed by atoms with Crippen LogP contribution in [0.15, 0.2) is 42.7 Å². The molecule has 2 aromatic heterocycles. The van der Waals surface area contributed by atoms with E-state index in [1.165, 1.54) is 0 Å². The zero-order valence-electron chi connectivity index (χ0n) is 16.1. The molecule has 4 rings (SSSR count). The first-order chi connectivity index (χ1) is 14.1. The summed E-state index contributed by atoms with van der Waals surface area (Å²) < 4.78 is 6.60. The van der Waals surface area contributed by atoms with Crippen molar-refractivity contribution in [2.24, 2.45) is 5.92 Å². The fraction of sp³-hybridized carbons (Fsp3) is 0.350. The molecule has 1 aliphatic heterocycles. The van der Waals surface area contributed by atoms with Crippen LogP contribution in [-0.4, -0.2) is 51.4 Å². The number of carbonyl (C=O) groups is 2. The summed E-state index contributed by atoms with van der Waals surface area (Å²) in [6.45, 7) is 3.53. The Morgan fingerprint density at radius 2 is 2.03 bits per heavy atom. The van der Waals surface area contributed by atoms with Gasteiger partial charge in [0.05, 0.1) is 18.1 Å². The number of fused-ring (bicyclic) bond motifs is 1. The molecule has 0 bridgehead atoms. The SMILES string of the molecule is CCOC(=O)c1ccc(NC(=O)[C@@H]2CCCN(c3ccc4nncn4n3)C2)cc1. The van der Waals surface area contributed by atoms with E-state index in [-0.39, 0.29) is 17.8 Å². The summed E-state index contributed by atoms with van der Waals surface area (Å²) in [6, 6.07) is 10.5. The third-order valence-corrected chi connectivity index (χ3v) is 4.93. The van der Waals surface area contributed by atoms with Gasteiger partial charge in [0.1, 0.15) is 12.1 Å². The van der Waals surface area contributed by atoms with Gasteiger partial charge in [0, 0.05) is 18.8 Å². The van der Waals surface area contributed by atoms with E-state index < -0.39 is 0 Å². The van der Waals surface area contributed by atoms with Crippen molar-refractivity contribution in [2.75, 3.05) is 29.9 Å². The average Bonchev–Trinajstić information content (AvgIpc) is 3.22. The molecule has 1 N–H and O–H groups in total. The van der Waals surface area contributed by atoms with Crippen LogP contribution in [0.1, 0.15) is 30.1 Å². The van der Waals surface area contributed by atoms with Crippen LogP contribution in [0.3, 0.4) is 0 Å². The predicted octanol–water partition coefficient (Wildman–Crippen LogP) is 2.16. The summed E-state index contributed by atoms with van der Waals surface area (Å²) in [6.07, 6.45) is 3.28. The number of hydrogen-bond acceptors (Lipinski definition) is 7. The minimum atomic E-state index is -0.370. The first kappa shape index (κ1) is 18.9. The van der Waals surface area contributed by atoms with Crippen LogP contribution in [0.4, 0.5) is 11.5 Å².